The predicted octanol–water partition coefficient (Wildman–Crippen LogP) is 0.797. The zero-order valence-corrected chi connectivity index (χ0v) is 9.17. The van der Waals surface area contributed by atoms with Crippen molar-refractivity contribution in [2.75, 3.05) is 5.75 Å². The van der Waals surface area contributed by atoms with Gasteiger partial charge in [0.1, 0.15) is 0 Å². The number of hydrogen-bond donors (Lipinski definition) is 3. The second-order valence-corrected chi connectivity index (χ2v) is 4.89. The van der Waals surface area contributed by atoms with Gasteiger partial charge in [-0.3, -0.25) is 4.79 Å². The summed E-state index contributed by atoms with van der Waals surface area (Å²) in [5.74, 6) is -1.03. The van der Waals surface area contributed by atoms with Crippen LogP contribution in [0.25, 0.3) is 1.43 Å². The molecule has 0 radical (unpaired) electrons. The van der Waals surface area contributed by atoms with E-state index in [1.165, 1.54) is 11.8 Å². The molecule has 2 amide bonds. The minimum Gasteiger partial charge on any atom is -0.481 e. The average Bonchev–Trinajstić information content (AvgIpc) is 2.97. The van der Waals surface area contributed by atoms with Crippen LogP contribution in [0.4, 0.5) is 4.79 Å². The van der Waals surface area contributed by atoms with Crippen molar-refractivity contribution in [3.63, 3.8) is 0 Å². The Kier molecular flexibility index (Phi) is 1.90. The van der Waals surface area contributed by atoms with Gasteiger partial charge >= 0.3 is 12.0 Å². The fourth-order valence-electron chi connectivity index (χ4n) is 1.88. The summed E-state index contributed by atoms with van der Waals surface area (Å²) in [5, 5.41) is 8.72. The summed E-state index contributed by atoms with van der Waals surface area (Å²) in [7, 11) is 0. The van der Waals surface area contributed by atoms with E-state index in [1.807, 2.05) is 0 Å². The van der Waals surface area contributed by atoms with E-state index in [4.69, 9.17) is 8.28 Å². The number of nitrogens with one attached hydrogen (secondary N) is 2. The zero-order valence-electron chi connectivity index (χ0n) is 14.4. The highest BCUT2D eigenvalue weighted by Gasteiger charge is 2.42. The second-order valence-electron chi connectivity index (χ2n) is 3.62. The molecule has 2 fully saturated rings. The molecule has 0 aromatic heterocycles. The van der Waals surface area contributed by atoms with Crippen molar-refractivity contribution in [1.29, 1.82) is 1.43 Å². The lowest BCUT2D eigenvalue weighted by Gasteiger charge is -2.16. The molecule has 4 atom stereocenters. The first-order valence-electron chi connectivity index (χ1n) is 7.88. The highest BCUT2D eigenvalue weighted by molar-refractivity contribution is 8.00. The fraction of sp³-hybridized carbons (Fsp3) is 0.800. The number of fused-ring (bicyclic) bond motifs is 1. The molecule has 2 aliphatic rings. The Hall–Kier alpha value is -0.910. The molecule has 2 saturated heterocycles. The Morgan fingerprint density at radius 1 is 1.69 bits per heavy atom. The molecule has 1 unspecified atom stereocenters. The number of hydrogen-bond acceptors (Lipinski definition) is 4. The molecule has 0 aromatic carbocycles. The number of rotatable bonds is 5. The molecular formula is C10H16N2O3S. The molecule has 3 N–H and O–H groups in total. The Labute approximate surface area is 107 Å². The number of amides is 2. The lowest BCUT2D eigenvalue weighted by atomic mass is 10.0. The number of carboxylic acids is 1. The van der Waals surface area contributed by atoms with Gasteiger partial charge in [-0.05, 0) is 12.8 Å². The van der Waals surface area contributed by atoms with Crippen LogP contribution in [0, 0.1) is 0 Å². The quantitative estimate of drug-likeness (QED) is 0.636. The number of carboxylic acid groups (broad SMARTS) is 1. The number of aliphatic carboxylic acids is 1. The zero-order chi connectivity index (χ0) is 16.7. The summed E-state index contributed by atoms with van der Waals surface area (Å²) < 4.78 is 44.9. The molecule has 2 aliphatic heterocycles. The first-order valence-corrected chi connectivity index (χ1v) is 5.94. The van der Waals surface area contributed by atoms with Gasteiger partial charge in [-0.25, -0.2) is 4.79 Å². The van der Waals surface area contributed by atoms with Gasteiger partial charge in [-0.2, -0.15) is 11.8 Å². The SMILES string of the molecule is [3H]OC(=O)C([3H])([3H])C([3H])([3H])C([3H])C[C@@H]1SC[C@@H]2NC(=O)N[C@@H]21. The Bertz CT molecular complexity index is 480. The molecule has 2 rings (SSSR count). The van der Waals surface area contributed by atoms with Gasteiger partial charge in [-0.1, -0.05) is 6.40 Å². The Balaban J connectivity index is 2.06. The second kappa shape index (κ2) is 4.95. The van der Waals surface area contributed by atoms with Crippen LogP contribution in [0.15, 0.2) is 0 Å². The van der Waals surface area contributed by atoms with E-state index >= 15 is 0 Å². The lowest BCUT2D eigenvalue weighted by molar-refractivity contribution is -0.137. The van der Waals surface area contributed by atoms with Crippen LogP contribution in [0.2, 0.25) is 0 Å². The van der Waals surface area contributed by atoms with E-state index in [0.29, 0.717) is 5.75 Å². The van der Waals surface area contributed by atoms with E-state index < -0.39 is 25.1 Å². The number of urea groups is 1. The van der Waals surface area contributed by atoms with Crippen molar-refractivity contribution in [2.24, 2.45) is 0 Å². The molecule has 6 heteroatoms. The standard InChI is InChI=1S/C10H16N2O3S/c13-8(14)4-2-1-3-7-9-6(5-16-7)11-10(15)12-9/h6-7,9H,1-5H2,(H,13,14)(H2,11,12,15)/t6-,7-,9-/m0/s1/i1T,2T2,4T2/hT/t1?,6-,7-,9-. The summed E-state index contributed by atoms with van der Waals surface area (Å²) in [4.78, 5) is 22.5. The molecule has 90 valence electrons. The number of carbonyl (C=O) groups is 2. The number of thioether (sulfide) groups is 1. The third-order valence-electron chi connectivity index (χ3n) is 2.56. The highest BCUT2D eigenvalue weighted by atomic mass is 32.2. The summed E-state index contributed by atoms with van der Waals surface area (Å²) in [6, 6.07) is -0.636. The van der Waals surface area contributed by atoms with E-state index in [2.05, 4.69) is 15.7 Å². The molecule has 0 aromatic rings. The molecule has 2 heterocycles. The average molecular weight is 256 g/mol. The van der Waals surface area contributed by atoms with Crippen LogP contribution in [-0.4, -0.2) is 40.2 Å². The van der Waals surface area contributed by atoms with Crippen molar-refractivity contribution in [2.45, 2.75) is 42.9 Å². The van der Waals surface area contributed by atoms with Gasteiger partial charge in [0, 0.05) is 24.2 Å². The molecule has 0 bridgehead atoms. The smallest absolute Gasteiger partial charge is 0.315 e. The molecule has 16 heavy (non-hydrogen) atoms. The Morgan fingerprint density at radius 2 is 2.56 bits per heavy atom. The van der Waals surface area contributed by atoms with Crippen molar-refractivity contribution in [3.8, 4) is 0 Å². The maximum atomic E-state index is 11.3. The van der Waals surface area contributed by atoms with Crippen LogP contribution in [-0.2, 0) is 4.79 Å². The molecular weight excluding hydrogens is 228 g/mol. The molecule has 0 saturated carbocycles. The normalized spacial score (nSPS) is 41.0. The van der Waals surface area contributed by atoms with Crippen LogP contribution < -0.4 is 10.6 Å². The number of carbonyl (C=O) groups excluding carboxylic acids is 1. The Morgan fingerprint density at radius 3 is 3.38 bits per heavy atom. The monoisotopic (exact) mass is 256 g/mol. The van der Waals surface area contributed by atoms with Crippen LogP contribution in [0.3, 0.4) is 0 Å². The van der Waals surface area contributed by atoms with E-state index in [0.717, 1.165) is 0 Å². The third kappa shape index (κ3) is 2.61. The summed E-state index contributed by atoms with van der Waals surface area (Å²) in [6.45, 7) is 0. The third-order valence-corrected chi connectivity index (χ3v) is 4.03. The maximum Gasteiger partial charge on any atom is 0.315 e. The topological polar surface area (TPSA) is 78.4 Å². The molecule has 0 aliphatic carbocycles. The van der Waals surface area contributed by atoms with E-state index in [9.17, 15) is 9.59 Å². The maximum absolute atomic E-state index is 11.3. The first kappa shape index (κ1) is 6.14. The fourth-order valence-corrected chi connectivity index (χ4v) is 3.32. The molecule has 5 nitrogen and oxygen atoms in total. The summed E-state index contributed by atoms with van der Waals surface area (Å²) in [6.07, 6.45) is -7.50. The molecule has 0 spiro atoms. The van der Waals surface area contributed by atoms with E-state index in [1.54, 1.807) is 0 Å². The minimum absolute atomic E-state index is 0.0361. The van der Waals surface area contributed by atoms with Crippen LogP contribution in [0.1, 0.15) is 32.4 Å². The largest absolute Gasteiger partial charge is 0.481 e. The van der Waals surface area contributed by atoms with E-state index in [-0.39, 0.29) is 29.8 Å². The summed E-state index contributed by atoms with van der Waals surface area (Å²) in [5.41, 5.74) is 0. The highest BCUT2D eigenvalue weighted by Crippen LogP contribution is 2.33. The minimum atomic E-state index is -3.10. The van der Waals surface area contributed by atoms with Gasteiger partial charge in [0.15, 0.2) is 0 Å². The van der Waals surface area contributed by atoms with Crippen LogP contribution >= 0.6 is 11.8 Å². The van der Waals surface area contributed by atoms with Gasteiger partial charge in [-0.15, -0.1) is 0 Å². The van der Waals surface area contributed by atoms with Gasteiger partial charge in [0.25, 0.3) is 1.43 Å². The summed E-state index contributed by atoms with van der Waals surface area (Å²) >= 11 is 1.47. The van der Waals surface area contributed by atoms with Crippen molar-refractivity contribution < 1.29 is 21.6 Å². The van der Waals surface area contributed by atoms with Crippen molar-refractivity contribution in [3.05, 3.63) is 0 Å². The predicted molar refractivity (Wildman–Crippen MR) is 61.6 cm³/mol. The first-order chi connectivity index (χ1) is 10.1. The van der Waals surface area contributed by atoms with Crippen molar-refractivity contribution >= 4 is 23.8 Å². The van der Waals surface area contributed by atoms with Gasteiger partial charge < -0.3 is 15.7 Å². The van der Waals surface area contributed by atoms with Gasteiger partial charge in [0.2, 0.25) is 0 Å². The van der Waals surface area contributed by atoms with Crippen molar-refractivity contribution in [1.82, 2.24) is 10.6 Å². The van der Waals surface area contributed by atoms with Crippen LogP contribution in [0.5, 0.6) is 0 Å². The van der Waals surface area contributed by atoms with Gasteiger partial charge in [0.05, 0.1) is 12.1 Å². The lowest BCUT2D eigenvalue weighted by Crippen LogP contribution is -2.36.